The number of carbonyl (C=O) groups excluding carboxylic acids is 1. The SMILES string of the molecule is O=C(CCSSc1ccccn1)NCCO. The Morgan fingerprint density at radius 2 is 2.38 bits per heavy atom. The van der Waals surface area contributed by atoms with Gasteiger partial charge in [-0.05, 0) is 22.9 Å². The lowest BCUT2D eigenvalue weighted by atomic mass is 10.4. The highest BCUT2D eigenvalue weighted by molar-refractivity contribution is 8.76. The maximum absolute atomic E-state index is 11.2. The van der Waals surface area contributed by atoms with Crippen molar-refractivity contribution in [2.45, 2.75) is 11.4 Å². The molecule has 16 heavy (non-hydrogen) atoms. The number of carbonyl (C=O) groups is 1. The number of aliphatic hydroxyl groups excluding tert-OH is 1. The summed E-state index contributed by atoms with van der Waals surface area (Å²) in [4.78, 5) is 15.3. The highest BCUT2D eigenvalue weighted by Crippen LogP contribution is 2.29. The molecule has 0 atom stereocenters. The second kappa shape index (κ2) is 8.43. The molecular weight excluding hydrogens is 244 g/mol. The van der Waals surface area contributed by atoms with Crippen LogP contribution in [0.3, 0.4) is 0 Å². The van der Waals surface area contributed by atoms with Crippen LogP contribution >= 0.6 is 21.6 Å². The molecule has 1 amide bonds. The van der Waals surface area contributed by atoms with Gasteiger partial charge >= 0.3 is 0 Å². The minimum atomic E-state index is -0.0248. The fraction of sp³-hybridized carbons (Fsp3) is 0.400. The van der Waals surface area contributed by atoms with Gasteiger partial charge in [-0.1, -0.05) is 16.9 Å². The molecule has 0 saturated heterocycles. The van der Waals surface area contributed by atoms with Crippen LogP contribution in [0.2, 0.25) is 0 Å². The van der Waals surface area contributed by atoms with Gasteiger partial charge in [0.05, 0.1) is 6.61 Å². The van der Waals surface area contributed by atoms with Crippen LogP contribution in [-0.2, 0) is 4.79 Å². The van der Waals surface area contributed by atoms with Crippen LogP contribution < -0.4 is 5.32 Å². The molecule has 0 radical (unpaired) electrons. The lowest BCUT2D eigenvalue weighted by molar-refractivity contribution is -0.120. The van der Waals surface area contributed by atoms with Crippen LogP contribution in [0.15, 0.2) is 29.4 Å². The van der Waals surface area contributed by atoms with E-state index in [0.29, 0.717) is 13.0 Å². The van der Waals surface area contributed by atoms with Gasteiger partial charge in [0.1, 0.15) is 5.03 Å². The molecule has 1 heterocycles. The molecule has 0 spiro atoms. The van der Waals surface area contributed by atoms with Crippen molar-refractivity contribution in [1.29, 1.82) is 0 Å². The van der Waals surface area contributed by atoms with Gasteiger partial charge in [-0.2, -0.15) is 0 Å². The van der Waals surface area contributed by atoms with E-state index >= 15 is 0 Å². The summed E-state index contributed by atoms with van der Waals surface area (Å²) in [5, 5.41) is 12.1. The molecule has 4 nitrogen and oxygen atoms in total. The molecule has 0 aliphatic carbocycles. The predicted molar refractivity (Wildman–Crippen MR) is 67.3 cm³/mol. The van der Waals surface area contributed by atoms with E-state index in [2.05, 4.69) is 10.3 Å². The number of hydrogen-bond donors (Lipinski definition) is 2. The van der Waals surface area contributed by atoms with Crippen LogP contribution in [0, 0.1) is 0 Å². The molecule has 88 valence electrons. The normalized spacial score (nSPS) is 10.1. The molecule has 2 N–H and O–H groups in total. The quantitative estimate of drug-likeness (QED) is 0.570. The smallest absolute Gasteiger partial charge is 0.220 e. The molecule has 0 saturated carbocycles. The zero-order valence-electron chi connectivity index (χ0n) is 8.76. The van der Waals surface area contributed by atoms with Gasteiger partial charge in [-0.25, -0.2) is 4.98 Å². The highest BCUT2D eigenvalue weighted by Gasteiger charge is 2.01. The first-order chi connectivity index (χ1) is 7.83. The summed E-state index contributed by atoms with van der Waals surface area (Å²) in [5.74, 6) is 0.710. The largest absolute Gasteiger partial charge is 0.395 e. The molecule has 1 aromatic heterocycles. The van der Waals surface area contributed by atoms with E-state index in [-0.39, 0.29) is 12.5 Å². The summed E-state index contributed by atoms with van der Waals surface area (Å²) in [7, 11) is 3.16. The van der Waals surface area contributed by atoms with Gasteiger partial charge in [0.15, 0.2) is 0 Å². The van der Waals surface area contributed by atoms with E-state index in [1.54, 1.807) is 27.8 Å². The van der Waals surface area contributed by atoms with E-state index in [4.69, 9.17) is 5.11 Å². The molecule has 0 aliphatic heterocycles. The molecule has 0 bridgehead atoms. The second-order valence-electron chi connectivity index (χ2n) is 2.90. The van der Waals surface area contributed by atoms with Crippen LogP contribution in [0.25, 0.3) is 0 Å². The summed E-state index contributed by atoms with van der Waals surface area (Å²) in [6, 6.07) is 5.74. The number of amides is 1. The zero-order chi connectivity index (χ0) is 11.6. The average molecular weight is 258 g/mol. The van der Waals surface area contributed by atoms with Crippen molar-refractivity contribution in [3.8, 4) is 0 Å². The summed E-state index contributed by atoms with van der Waals surface area (Å²) >= 11 is 0. The van der Waals surface area contributed by atoms with Crippen molar-refractivity contribution in [3.63, 3.8) is 0 Å². The average Bonchev–Trinajstić information content (AvgIpc) is 2.33. The predicted octanol–water partition coefficient (Wildman–Crippen LogP) is 1.32. The summed E-state index contributed by atoms with van der Waals surface area (Å²) in [5.41, 5.74) is 0. The van der Waals surface area contributed by atoms with Crippen molar-refractivity contribution in [2.24, 2.45) is 0 Å². The third-order valence-electron chi connectivity index (χ3n) is 1.63. The monoisotopic (exact) mass is 258 g/mol. The Kier molecular flexibility index (Phi) is 7.03. The lowest BCUT2D eigenvalue weighted by Crippen LogP contribution is -2.26. The summed E-state index contributed by atoms with van der Waals surface area (Å²) in [6.07, 6.45) is 2.21. The summed E-state index contributed by atoms with van der Waals surface area (Å²) in [6.45, 7) is 0.318. The van der Waals surface area contributed by atoms with E-state index < -0.39 is 0 Å². The van der Waals surface area contributed by atoms with Gasteiger partial charge in [0.25, 0.3) is 0 Å². The van der Waals surface area contributed by atoms with Gasteiger partial charge < -0.3 is 10.4 Å². The van der Waals surface area contributed by atoms with Crippen LogP contribution in [-0.4, -0.2) is 34.9 Å². The van der Waals surface area contributed by atoms with Crippen molar-refractivity contribution in [1.82, 2.24) is 10.3 Å². The second-order valence-corrected chi connectivity index (χ2v) is 5.33. The Hall–Kier alpha value is -0.720. The van der Waals surface area contributed by atoms with E-state index in [0.717, 1.165) is 10.8 Å². The van der Waals surface area contributed by atoms with E-state index in [9.17, 15) is 4.79 Å². The fourth-order valence-corrected chi connectivity index (χ4v) is 2.79. The van der Waals surface area contributed by atoms with Gasteiger partial charge in [0, 0.05) is 24.9 Å². The lowest BCUT2D eigenvalue weighted by Gasteiger charge is -2.02. The highest BCUT2D eigenvalue weighted by atomic mass is 33.1. The first-order valence-corrected chi connectivity index (χ1v) is 7.23. The standard InChI is InChI=1S/C10H14N2O2S2/c13-7-6-11-9(14)4-8-15-16-10-3-1-2-5-12-10/h1-3,5,13H,4,6-8H2,(H,11,14). The minimum Gasteiger partial charge on any atom is -0.395 e. The van der Waals surface area contributed by atoms with Crippen LogP contribution in [0.4, 0.5) is 0 Å². The number of rotatable bonds is 7. The van der Waals surface area contributed by atoms with Crippen LogP contribution in [0.1, 0.15) is 6.42 Å². The molecule has 0 aliphatic rings. The number of nitrogens with one attached hydrogen (secondary N) is 1. The Labute approximate surface area is 103 Å². The third-order valence-corrected chi connectivity index (χ3v) is 3.90. The first-order valence-electron chi connectivity index (χ1n) is 4.91. The fourth-order valence-electron chi connectivity index (χ4n) is 0.916. The molecule has 1 aromatic rings. The maximum Gasteiger partial charge on any atom is 0.220 e. The van der Waals surface area contributed by atoms with Crippen LogP contribution in [0.5, 0.6) is 0 Å². The van der Waals surface area contributed by atoms with Gasteiger partial charge in [-0.15, -0.1) is 0 Å². The zero-order valence-corrected chi connectivity index (χ0v) is 10.4. The van der Waals surface area contributed by atoms with E-state index in [1.165, 1.54) is 0 Å². The van der Waals surface area contributed by atoms with E-state index in [1.807, 2.05) is 18.2 Å². The molecule has 1 rings (SSSR count). The molecule has 6 heteroatoms. The van der Waals surface area contributed by atoms with Gasteiger partial charge in [-0.3, -0.25) is 4.79 Å². The van der Waals surface area contributed by atoms with Crippen molar-refractivity contribution in [2.75, 3.05) is 18.9 Å². The maximum atomic E-state index is 11.2. The Balaban J connectivity index is 2.06. The summed E-state index contributed by atoms with van der Waals surface area (Å²) < 4.78 is 0. The molecule has 0 unspecified atom stereocenters. The number of pyridine rings is 1. The van der Waals surface area contributed by atoms with Crippen molar-refractivity contribution < 1.29 is 9.90 Å². The number of nitrogens with zero attached hydrogens (tertiary/aromatic N) is 1. The Bertz CT molecular complexity index is 309. The minimum absolute atomic E-state index is 0.0123. The molecule has 0 aromatic carbocycles. The Morgan fingerprint density at radius 1 is 1.50 bits per heavy atom. The third kappa shape index (κ3) is 5.99. The Morgan fingerprint density at radius 3 is 3.06 bits per heavy atom. The number of aliphatic hydroxyl groups is 1. The first kappa shape index (κ1) is 13.3. The topological polar surface area (TPSA) is 62.2 Å². The number of aromatic nitrogens is 1. The van der Waals surface area contributed by atoms with Gasteiger partial charge in [0.2, 0.25) is 5.91 Å². The number of hydrogen-bond acceptors (Lipinski definition) is 5. The molecule has 0 fully saturated rings. The van der Waals surface area contributed by atoms with Crippen molar-refractivity contribution >= 4 is 27.5 Å². The van der Waals surface area contributed by atoms with Crippen molar-refractivity contribution in [3.05, 3.63) is 24.4 Å². The molecular formula is C10H14N2O2S2.